The van der Waals surface area contributed by atoms with E-state index in [1.54, 1.807) is 17.0 Å². The molecule has 2 aromatic heterocycles. The van der Waals surface area contributed by atoms with Crippen molar-refractivity contribution < 1.29 is 28.0 Å². The van der Waals surface area contributed by atoms with E-state index >= 15 is 0 Å². The van der Waals surface area contributed by atoms with Crippen LogP contribution in [-0.4, -0.2) is 89.8 Å². The van der Waals surface area contributed by atoms with Gasteiger partial charge in [-0.05, 0) is 24.1 Å². The number of methoxy groups -OCH3 is 1. The van der Waals surface area contributed by atoms with Crippen LogP contribution >= 0.6 is 0 Å². The third-order valence-electron chi connectivity index (χ3n) is 5.84. The predicted octanol–water partition coefficient (Wildman–Crippen LogP) is 1.99. The van der Waals surface area contributed by atoms with Gasteiger partial charge in [0.2, 0.25) is 5.76 Å². The Morgan fingerprint density at radius 1 is 1.11 bits per heavy atom. The van der Waals surface area contributed by atoms with E-state index in [2.05, 4.69) is 15.0 Å². The normalized spacial score (nSPS) is 14.6. The average molecular weight is 484 g/mol. The molecule has 1 aliphatic rings. The fraction of sp³-hybridized carbons (Fsp3) is 0.375. The Bertz CT molecular complexity index is 1260. The van der Waals surface area contributed by atoms with Gasteiger partial charge in [-0.1, -0.05) is 17.3 Å². The number of carbonyl (C=O) groups excluding carboxylic acids is 3. The fourth-order valence-electron chi connectivity index (χ4n) is 3.95. The molecule has 1 saturated heterocycles. The van der Waals surface area contributed by atoms with Gasteiger partial charge in [0, 0.05) is 52.9 Å². The molecule has 0 atom stereocenters. The van der Waals surface area contributed by atoms with E-state index in [1.807, 2.05) is 0 Å². The number of ether oxygens (including phenoxy) is 1. The number of carbonyl (C=O) groups is 3. The standard InChI is InChI=1S/C24H26FN5O5/c1-28(2)24(33)21(31)22-19-17(27-35-22)13-18(34-3)20(26-19)23(32)30-10-4-9-29(11-12-30)14-15-5-7-16(25)8-6-15/h5-8,13H,4,9-12,14H2,1-3H3. The molecule has 184 valence electrons. The second-order valence-electron chi connectivity index (χ2n) is 8.50. The summed E-state index contributed by atoms with van der Waals surface area (Å²) >= 11 is 0. The smallest absolute Gasteiger partial charge is 0.298 e. The van der Waals surface area contributed by atoms with Crippen molar-refractivity contribution in [2.24, 2.45) is 0 Å². The van der Waals surface area contributed by atoms with Crippen molar-refractivity contribution in [3.05, 3.63) is 53.2 Å². The van der Waals surface area contributed by atoms with E-state index in [-0.39, 0.29) is 40.0 Å². The zero-order chi connectivity index (χ0) is 25.1. The Kier molecular flexibility index (Phi) is 7.06. The van der Waals surface area contributed by atoms with Crippen LogP contribution in [0.2, 0.25) is 0 Å². The summed E-state index contributed by atoms with van der Waals surface area (Å²) in [4.78, 5) is 47.5. The van der Waals surface area contributed by atoms with E-state index < -0.39 is 11.7 Å². The Morgan fingerprint density at radius 2 is 1.86 bits per heavy atom. The summed E-state index contributed by atoms with van der Waals surface area (Å²) in [6.07, 6.45) is 0.742. The summed E-state index contributed by atoms with van der Waals surface area (Å²) in [5.41, 5.74) is 1.25. The first-order chi connectivity index (χ1) is 16.8. The highest BCUT2D eigenvalue weighted by atomic mass is 19.1. The summed E-state index contributed by atoms with van der Waals surface area (Å²) in [5.74, 6) is -2.45. The number of ketones is 1. The summed E-state index contributed by atoms with van der Waals surface area (Å²) in [7, 11) is 4.31. The van der Waals surface area contributed by atoms with Crippen molar-refractivity contribution in [3.8, 4) is 5.75 Å². The van der Waals surface area contributed by atoms with E-state index in [0.717, 1.165) is 23.4 Å². The van der Waals surface area contributed by atoms with Crippen LogP contribution in [0.25, 0.3) is 11.0 Å². The molecule has 0 unspecified atom stereocenters. The van der Waals surface area contributed by atoms with Crippen LogP contribution in [0.5, 0.6) is 5.75 Å². The Hall–Kier alpha value is -3.86. The van der Waals surface area contributed by atoms with Crippen molar-refractivity contribution in [3.63, 3.8) is 0 Å². The molecule has 1 aromatic carbocycles. The quantitative estimate of drug-likeness (QED) is 0.387. The van der Waals surface area contributed by atoms with Gasteiger partial charge in [0.15, 0.2) is 11.4 Å². The maximum Gasteiger partial charge on any atom is 0.298 e. The molecule has 35 heavy (non-hydrogen) atoms. The van der Waals surface area contributed by atoms with E-state index in [9.17, 15) is 18.8 Å². The summed E-state index contributed by atoms with van der Waals surface area (Å²) in [6, 6.07) is 7.85. The number of hydrogen-bond acceptors (Lipinski definition) is 8. The molecule has 1 fully saturated rings. The summed E-state index contributed by atoms with van der Waals surface area (Å²) < 4.78 is 23.7. The molecule has 0 N–H and O–H groups in total. The molecule has 0 spiro atoms. The molecule has 2 amide bonds. The monoisotopic (exact) mass is 483 g/mol. The van der Waals surface area contributed by atoms with Gasteiger partial charge in [0.1, 0.15) is 16.9 Å². The van der Waals surface area contributed by atoms with Crippen LogP contribution in [0, 0.1) is 5.82 Å². The van der Waals surface area contributed by atoms with Gasteiger partial charge < -0.3 is 19.1 Å². The minimum absolute atomic E-state index is 0.0153. The highest BCUT2D eigenvalue weighted by Crippen LogP contribution is 2.27. The molecule has 0 saturated carbocycles. The number of fused-ring (bicyclic) bond motifs is 1. The number of nitrogens with zero attached hydrogens (tertiary/aromatic N) is 5. The number of hydrogen-bond donors (Lipinski definition) is 0. The molecule has 0 aliphatic carbocycles. The van der Waals surface area contributed by atoms with Crippen LogP contribution in [-0.2, 0) is 11.3 Å². The lowest BCUT2D eigenvalue weighted by molar-refractivity contribution is -0.124. The van der Waals surface area contributed by atoms with Crippen molar-refractivity contribution in [1.82, 2.24) is 24.8 Å². The number of likely N-dealkylation sites (N-methyl/N-ethyl adjacent to an activating group) is 1. The van der Waals surface area contributed by atoms with Gasteiger partial charge in [-0.15, -0.1) is 0 Å². The summed E-state index contributed by atoms with van der Waals surface area (Å²) in [6.45, 7) is 3.03. The second-order valence-corrected chi connectivity index (χ2v) is 8.50. The number of halogens is 1. The fourth-order valence-corrected chi connectivity index (χ4v) is 3.95. The number of rotatable bonds is 6. The molecule has 3 heterocycles. The van der Waals surface area contributed by atoms with Crippen molar-refractivity contribution in [2.75, 3.05) is 47.4 Å². The minimum atomic E-state index is -0.903. The zero-order valence-corrected chi connectivity index (χ0v) is 19.8. The number of pyridine rings is 1. The molecule has 4 rings (SSSR count). The van der Waals surface area contributed by atoms with Crippen LogP contribution in [0.15, 0.2) is 34.9 Å². The molecule has 0 radical (unpaired) electrons. The van der Waals surface area contributed by atoms with Crippen LogP contribution in [0.4, 0.5) is 4.39 Å². The largest absolute Gasteiger partial charge is 0.494 e. The van der Waals surface area contributed by atoms with E-state index in [4.69, 9.17) is 9.26 Å². The third-order valence-corrected chi connectivity index (χ3v) is 5.84. The zero-order valence-electron chi connectivity index (χ0n) is 19.8. The number of aromatic nitrogens is 2. The lowest BCUT2D eigenvalue weighted by Gasteiger charge is -2.22. The first kappa shape index (κ1) is 24.3. The SMILES string of the molecule is COc1cc2noc(C(=O)C(=O)N(C)C)c2nc1C(=O)N1CCCN(Cc2ccc(F)cc2)CC1. The molecule has 1 aliphatic heterocycles. The topological polar surface area (TPSA) is 109 Å². The van der Waals surface area contributed by atoms with Gasteiger partial charge in [0.05, 0.1) is 7.11 Å². The Balaban J connectivity index is 1.55. The summed E-state index contributed by atoms with van der Waals surface area (Å²) in [5, 5.41) is 3.81. The highest BCUT2D eigenvalue weighted by Gasteiger charge is 2.30. The number of Topliss-reactive ketones (excluding diaryl/α,β-unsaturated/α-hetero) is 1. The van der Waals surface area contributed by atoms with Gasteiger partial charge in [-0.3, -0.25) is 19.3 Å². The van der Waals surface area contributed by atoms with Gasteiger partial charge in [-0.25, -0.2) is 9.37 Å². The van der Waals surface area contributed by atoms with Gasteiger partial charge in [0.25, 0.3) is 17.6 Å². The first-order valence-corrected chi connectivity index (χ1v) is 11.1. The van der Waals surface area contributed by atoms with Crippen LogP contribution in [0.3, 0.4) is 0 Å². The van der Waals surface area contributed by atoms with Crippen molar-refractivity contribution in [1.29, 1.82) is 0 Å². The van der Waals surface area contributed by atoms with Crippen molar-refractivity contribution in [2.45, 2.75) is 13.0 Å². The maximum atomic E-state index is 13.4. The number of amides is 2. The molecule has 11 heteroatoms. The van der Waals surface area contributed by atoms with E-state index in [1.165, 1.54) is 39.4 Å². The molecule has 10 nitrogen and oxygen atoms in total. The number of benzene rings is 1. The van der Waals surface area contributed by atoms with Gasteiger partial charge in [-0.2, -0.15) is 0 Å². The van der Waals surface area contributed by atoms with Crippen LogP contribution in [0.1, 0.15) is 33.0 Å². The lowest BCUT2D eigenvalue weighted by atomic mass is 10.2. The average Bonchev–Trinajstić information content (AvgIpc) is 3.13. The highest BCUT2D eigenvalue weighted by molar-refractivity contribution is 6.43. The third kappa shape index (κ3) is 5.14. The Labute approximate surface area is 201 Å². The van der Waals surface area contributed by atoms with Crippen LogP contribution < -0.4 is 4.74 Å². The predicted molar refractivity (Wildman–Crippen MR) is 124 cm³/mol. The maximum absolute atomic E-state index is 13.4. The lowest BCUT2D eigenvalue weighted by Crippen LogP contribution is -2.35. The molecular formula is C24H26FN5O5. The molecular weight excluding hydrogens is 457 g/mol. The molecule has 0 bridgehead atoms. The first-order valence-electron chi connectivity index (χ1n) is 11.1. The van der Waals surface area contributed by atoms with E-state index in [0.29, 0.717) is 26.2 Å². The second kappa shape index (κ2) is 10.2. The minimum Gasteiger partial charge on any atom is -0.494 e. The van der Waals surface area contributed by atoms with Gasteiger partial charge >= 0.3 is 0 Å². The molecule has 3 aromatic rings. The Morgan fingerprint density at radius 3 is 2.54 bits per heavy atom. The van der Waals surface area contributed by atoms with Crippen molar-refractivity contribution >= 4 is 28.6 Å².